The summed E-state index contributed by atoms with van der Waals surface area (Å²) in [4.78, 5) is 28.6. The van der Waals surface area contributed by atoms with E-state index in [1.54, 1.807) is 12.1 Å². The van der Waals surface area contributed by atoms with Crippen molar-refractivity contribution in [1.29, 1.82) is 0 Å². The number of hydrogen-bond donors (Lipinski definition) is 3. The molecule has 0 aliphatic heterocycles. The lowest BCUT2D eigenvalue weighted by atomic mass is 9.94. The van der Waals surface area contributed by atoms with Crippen molar-refractivity contribution in [2.45, 2.75) is 25.8 Å². The molecule has 3 aromatic rings. The molecule has 1 heterocycles. The quantitative estimate of drug-likeness (QED) is 0.394. The van der Waals surface area contributed by atoms with E-state index in [1.165, 1.54) is 30.5 Å². The van der Waals surface area contributed by atoms with Crippen LogP contribution in [0.4, 0.5) is 13.2 Å². The number of primary amides is 1. The van der Waals surface area contributed by atoms with E-state index < -0.39 is 29.4 Å². The van der Waals surface area contributed by atoms with Gasteiger partial charge in [-0.2, -0.15) is 0 Å². The van der Waals surface area contributed by atoms with Gasteiger partial charge >= 0.3 is 0 Å². The predicted molar refractivity (Wildman–Crippen MR) is 122 cm³/mol. The van der Waals surface area contributed by atoms with Gasteiger partial charge in [-0.3, -0.25) is 14.6 Å². The monoisotopic (exact) mass is 470 g/mol. The summed E-state index contributed by atoms with van der Waals surface area (Å²) >= 11 is 0. The molecule has 6 nitrogen and oxygen atoms in total. The lowest BCUT2D eigenvalue weighted by Crippen LogP contribution is -2.37. The molecule has 1 aromatic heterocycles. The third-order valence-corrected chi connectivity index (χ3v) is 5.12. The summed E-state index contributed by atoms with van der Waals surface area (Å²) < 4.78 is 41.7. The zero-order chi connectivity index (χ0) is 24.7. The molecule has 9 heteroatoms. The first kappa shape index (κ1) is 24.9. The fourth-order valence-corrected chi connectivity index (χ4v) is 3.63. The first-order chi connectivity index (χ1) is 16.3. The maximum Gasteiger partial charge on any atom is 0.251 e. The largest absolute Gasteiger partial charge is 0.366 e. The summed E-state index contributed by atoms with van der Waals surface area (Å²) in [5.41, 5.74) is 6.66. The van der Waals surface area contributed by atoms with Crippen LogP contribution < -0.4 is 16.4 Å². The van der Waals surface area contributed by atoms with E-state index >= 15 is 0 Å². The summed E-state index contributed by atoms with van der Waals surface area (Å²) in [6, 6.07) is 9.60. The van der Waals surface area contributed by atoms with Crippen molar-refractivity contribution in [3.05, 3.63) is 89.0 Å². The highest BCUT2D eigenvalue weighted by atomic mass is 19.1. The number of nitrogens with two attached hydrogens (primary N) is 1. The number of hydrogen-bond acceptors (Lipinski definition) is 4. The van der Waals surface area contributed by atoms with Gasteiger partial charge in [0.25, 0.3) is 5.91 Å². The number of aromatic nitrogens is 1. The van der Waals surface area contributed by atoms with Crippen LogP contribution in [0.1, 0.15) is 41.0 Å². The number of nitrogens with one attached hydrogen (secondary N) is 2. The van der Waals surface area contributed by atoms with Crippen LogP contribution in [-0.2, 0) is 11.2 Å². The van der Waals surface area contributed by atoms with Gasteiger partial charge in [0, 0.05) is 17.8 Å². The molecular formula is C25H25F3N4O2. The van der Waals surface area contributed by atoms with Crippen LogP contribution in [-0.4, -0.2) is 29.9 Å². The Balaban J connectivity index is 2.03. The van der Waals surface area contributed by atoms with Gasteiger partial charge in [0.05, 0.1) is 23.8 Å². The fraction of sp³-hybridized carbons (Fsp3) is 0.240. The molecule has 0 saturated carbocycles. The Morgan fingerprint density at radius 1 is 1.06 bits per heavy atom. The number of halogens is 3. The molecule has 0 aliphatic carbocycles. The molecule has 0 aliphatic rings. The van der Waals surface area contributed by atoms with Crippen LogP contribution in [0, 0.1) is 17.5 Å². The summed E-state index contributed by atoms with van der Waals surface area (Å²) in [7, 11) is 0. The Bertz CT molecular complexity index is 1170. The normalized spacial score (nSPS) is 11.8. The van der Waals surface area contributed by atoms with E-state index in [9.17, 15) is 22.8 Å². The highest BCUT2D eigenvalue weighted by Crippen LogP contribution is 2.30. The van der Waals surface area contributed by atoms with Gasteiger partial charge in [0.15, 0.2) is 0 Å². The Kier molecular flexibility index (Phi) is 8.37. The lowest BCUT2D eigenvalue weighted by molar-refractivity contribution is -0.121. The zero-order valence-electron chi connectivity index (χ0n) is 18.6. The summed E-state index contributed by atoms with van der Waals surface area (Å²) in [5.74, 6) is -3.49. The molecule has 0 spiro atoms. The predicted octanol–water partition coefficient (Wildman–Crippen LogP) is 3.66. The minimum atomic E-state index is -0.924. The van der Waals surface area contributed by atoms with Crippen molar-refractivity contribution in [3.8, 4) is 11.1 Å². The van der Waals surface area contributed by atoms with Crippen molar-refractivity contribution in [2.75, 3.05) is 13.1 Å². The molecule has 4 N–H and O–H groups in total. The van der Waals surface area contributed by atoms with Crippen LogP contribution in [0.2, 0.25) is 0 Å². The van der Waals surface area contributed by atoms with Crippen molar-refractivity contribution in [2.24, 2.45) is 5.73 Å². The molecule has 0 saturated heterocycles. The number of carbonyl (C=O) groups excluding carboxylic acids is 2. The standard InChI is InChI=1S/C25H25F3N4O2/c1-2-7-30-14-23(33)32-22(11-15-9-17(26)13-18(27)10-15)24-19(4-3-8-31-24)16-5-6-21(28)20(12-16)25(29)34/h3-6,8-10,12-13,22,30H,2,7,11,14H2,1H3,(H2,29,34)(H,32,33). The highest BCUT2D eigenvalue weighted by molar-refractivity contribution is 5.94. The van der Waals surface area contributed by atoms with Crippen molar-refractivity contribution in [1.82, 2.24) is 15.6 Å². The topological polar surface area (TPSA) is 97.1 Å². The third-order valence-electron chi connectivity index (χ3n) is 5.12. The van der Waals surface area contributed by atoms with Crippen LogP contribution in [0.15, 0.2) is 54.7 Å². The number of pyridine rings is 1. The average Bonchev–Trinajstić information content (AvgIpc) is 2.78. The number of nitrogens with zero attached hydrogens (tertiary/aromatic N) is 1. The van der Waals surface area contributed by atoms with E-state index in [0.717, 1.165) is 18.6 Å². The average molecular weight is 470 g/mol. The molecule has 1 unspecified atom stereocenters. The van der Waals surface area contributed by atoms with Gasteiger partial charge in [-0.15, -0.1) is 0 Å². The molecule has 0 radical (unpaired) electrons. The summed E-state index contributed by atoms with van der Waals surface area (Å²) in [5, 5.41) is 5.86. The van der Waals surface area contributed by atoms with Gasteiger partial charge < -0.3 is 16.4 Å². The summed E-state index contributed by atoms with van der Waals surface area (Å²) in [6.45, 7) is 2.66. The minimum absolute atomic E-state index is 0.0437. The van der Waals surface area contributed by atoms with Gasteiger partial charge in [-0.25, -0.2) is 13.2 Å². The second-order valence-corrected chi connectivity index (χ2v) is 7.77. The first-order valence-electron chi connectivity index (χ1n) is 10.8. The Morgan fingerprint density at radius 3 is 2.47 bits per heavy atom. The molecule has 2 amide bonds. The van der Waals surface area contributed by atoms with Crippen LogP contribution in [0.3, 0.4) is 0 Å². The van der Waals surface area contributed by atoms with Crippen molar-refractivity contribution < 1.29 is 22.8 Å². The van der Waals surface area contributed by atoms with E-state index in [2.05, 4.69) is 15.6 Å². The molecule has 1 atom stereocenters. The molecule has 0 bridgehead atoms. The second kappa shape index (κ2) is 11.4. The highest BCUT2D eigenvalue weighted by Gasteiger charge is 2.22. The molecule has 34 heavy (non-hydrogen) atoms. The van der Waals surface area contributed by atoms with Gasteiger partial charge in [0.2, 0.25) is 5.91 Å². The number of carbonyl (C=O) groups is 2. The van der Waals surface area contributed by atoms with Gasteiger partial charge in [-0.05, 0) is 60.8 Å². The SMILES string of the molecule is CCCNCC(=O)NC(Cc1cc(F)cc(F)c1)c1ncccc1-c1ccc(F)c(C(N)=O)c1. The van der Waals surface area contributed by atoms with Crippen LogP contribution >= 0.6 is 0 Å². The summed E-state index contributed by atoms with van der Waals surface area (Å²) in [6.07, 6.45) is 2.40. The first-order valence-corrected chi connectivity index (χ1v) is 10.8. The smallest absolute Gasteiger partial charge is 0.251 e. The minimum Gasteiger partial charge on any atom is -0.366 e. The van der Waals surface area contributed by atoms with Crippen LogP contribution in [0.5, 0.6) is 0 Å². The molecule has 2 aromatic carbocycles. The van der Waals surface area contributed by atoms with Gasteiger partial charge in [-0.1, -0.05) is 19.1 Å². The molecule has 0 fully saturated rings. The molecule has 178 valence electrons. The second-order valence-electron chi connectivity index (χ2n) is 7.77. The van der Waals surface area contributed by atoms with Gasteiger partial charge in [0.1, 0.15) is 17.5 Å². The van der Waals surface area contributed by atoms with E-state index in [1.807, 2.05) is 6.92 Å². The zero-order valence-corrected chi connectivity index (χ0v) is 18.6. The van der Waals surface area contributed by atoms with Crippen LogP contribution in [0.25, 0.3) is 11.1 Å². The van der Waals surface area contributed by atoms with E-state index in [4.69, 9.17) is 5.73 Å². The Morgan fingerprint density at radius 2 is 1.79 bits per heavy atom. The molecule has 3 rings (SSSR count). The number of amides is 2. The lowest BCUT2D eigenvalue weighted by Gasteiger charge is -2.22. The van der Waals surface area contributed by atoms with E-state index in [0.29, 0.717) is 28.9 Å². The number of rotatable bonds is 10. The Hall–Kier alpha value is -3.72. The Labute approximate surface area is 195 Å². The maximum absolute atomic E-state index is 14.0. The maximum atomic E-state index is 14.0. The number of benzene rings is 2. The van der Waals surface area contributed by atoms with Crippen molar-refractivity contribution in [3.63, 3.8) is 0 Å². The molecular weight excluding hydrogens is 445 g/mol. The fourth-order valence-electron chi connectivity index (χ4n) is 3.63. The van der Waals surface area contributed by atoms with E-state index in [-0.39, 0.29) is 24.4 Å². The van der Waals surface area contributed by atoms with Crippen molar-refractivity contribution >= 4 is 11.8 Å². The third kappa shape index (κ3) is 6.41.